The second-order valence-electron chi connectivity index (χ2n) is 10.9. The van der Waals surface area contributed by atoms with Crippen LogP contribution in [-0.4, -0.2) is 32.2 Å². The van der Waals surface area contributed by atoms with Crippen molar-refractivity contribution in [2.45, 2.75) is 84.8 Å². The van der Waals surface area contributed by atoms with Crippen molar-refractivity contribution in [1.29, 1.82) is 0 Å². The zero-order valence-electron chi connectivity index (χ0n) is 19.3. The van der Waals surface area contributed by atoms with Crippen molar-refractivity contribution in [3.05, 3.63) is 23.3 Å². The zero-order chi connectivity index (χ0) is 21.0. The van der Waals surface area contributed by atoms with Crippen molar-refractivity contribution in [3.8, 4) is 0 Å². The smallest absolute Gasteiger partial charge is 0.130 e. The number of carbonyl (C=O) groups excluding carboxylic acids is 1. The summed E-state index contributed by atoms with van der Waals surface area (Å²) in [6, 6.07) is 0. The van der Waals surface area contributed by atoms with Crippen LogP contribution in [0.25, 0.3) is 0 Å². The molecule has 4 aliphatic rings. The molecule has 29 heavy (non-hydrogen) atoms. The quantitative estimate of drug-likeness (QED) is 0.590. The highest BCUT2D eigenvalue weighted by Gasteiger charge is 2.59. The summed E-state index contributed by atoms with van der Waals surface area (Å²) in [4.78, 5) is 11.8. The second-order valence-corrected chi connectivity index (χ2v) is 10.9. The fourth-order valence-electron chi connectivity index (χ4n) is 8.10. The topological polar surface area (TPSA) is 35.5 Å². The maximum atomic E-state index is 11.8. The van der Waals surface area contributed by atoms with Crippen molar-refractivity contribution in [2.24, 2.45) is 34.5 Å². The predicted octanol–water partition coefficient (Wildman–Crippen LogP) is 5.74. The Morgan fingerprint density at radius 2 is 1.90 bits per heavy atom. The average Bonchev–Trinajstić information content (AvgIpc) is 3.03. The van der Waals surface area contributed by atoms with Crippen LogP contribution in [0, 0.1) is 34.5 Å². The maximum absolute atomic E-state index is 11.8. The zero-order valence-corrected chi connectivity index (χ0v) is 19.3. The fourth-order valence-corrected chi connectivity index (χ4v) is 8.10. The lowest BCUT2D eigenvalue weighted by atomic mass is 9.49. The van der Waals surface area contributed by atoms with Crippen molar-refractivity contribution in [1.82, 2.24) is 0 Å². The van der Waals surface area contributed by atoms with Crippen LogP contribution in [0.3, 0.4) is 0 Å². The molecule has 3 saturated carbocycles. The third-order valence-corrected chi connectivity index (χ3v) is 9.59. The first-order chi connectivity index (χ1) is 13.8. The standard InChI is InChI=1S/C26H40O3/c1-16(13-17(2)27)21-9-10-22-20-8-7-18-14-19(28-5)15-24(29-6)26(18,4)23(20)11-12-25(21,22)3/h7-8,16,19,21-24H,9-15H2,1-6H3/t16-,19-,21-,22+,23+,24+,25-,26+/m1/s1. The van der Waals surface area contributed by atoms with Crippen LogP contribution < -0.4 is 0 Å². The summed E-state index contributed by atoms with van der Waals surface area (Å²) in [5.74, 6) is 2.75. The number of rotatable bonds is 5. The molecule has 0 bridgehead atoms. The SMILES string of the molecule is CO[C@@H]1CC2=CC=C3[C@@H]4CC[C@H]([C@H](C)CC(C)=O)[C@@]4(C)CC[C@@H]3[C@@]2(C)[C@@H](OC)C1. The van der Waals surface area contributed by atoms with E-state index in [2.05, 4.69) is 32.9 Å². The molecule has 0 aliphatic heterocycles. The molecule has 3 fully saturated rings. The molecular weight excluding hydrogens is 360 g/mol. The molecule has 0 heterocycles. The van der Waals surface area contributed by atoms with Gasteiger partial charge in [0.2, 0.25) is 0 Å². The summed E-state index contributed by atoms with van der Waals surface area (Å²) >= 11 is 0. The van der Waals surface area contributed by atoms with Crippen LogP contribution in [0.1, 0.15) is 72.6 Å². The van der Waals surface area contributed by atoms with E-state index in [1.54, 1.807) is 12.5 Å². The molecule has 0 aromatic rings. The van der Waals surface area contributed by atoms with E-state index in [1.165, 1.54) is 31.3 Å². The minimum atomic E-state index is 0.0955. The normalized spacial score (nSPS) is 44.8. The number of ketones is 1. The highest BCUT2D eigenvalue weighted by molar-refractivity contribution is 5.75. The van der Waals surface area contributed by atoms with Gasteiger partial charge in [-0.1, -0.05) is 44.1 Å². The fraction of sp³-hybridized carbons (Fsp3) is 0.808. The number of allylic oxidation sites excluding steroid dienone is 3. The molecular formula is C26H40O3. The van der Waals surface area contributed by atoms with E-state index in [9.17, 15) is 4.79 Å². The van der Waals surface area contributed by atoms with Crippen LogP contribution in [-0.2, 0) is 14.3 Å². The Hall–Kier alpha value is -0.930. The van der Waals surface area contributed by atoms with Gasteiger partial charge in [-0.3, -0.25) is 0 Å². The summed E-state index contributed by atoms with van der Waals surface area (Å²) in [5.41, 5.74) is 3.64. The molecule has 0 spiro atoms. The number of methoxy groups -OCH3 is 2. The van der Waals surface area contributed by atoms with Crippen LogP contribution in [0.5, 0.6) is 0 Å². The second kappa shape index (κ2) is 7.64. The first-order valence-electron chi connectivity index (χ1n) is 11.7. The van der Waals surface area contributed by atoms with E-state index < -0.39 is 0 Å². The van der Waals surface area contributed by atoms with Gasteiger partial charge in [0.25, 0.3) is 0 Å². The molecule has 3 nitrogen and oxygen atoms in total. The summed E-state index contributed by atoms with van der Waals surface area (Å²) in [6.07, 6.45) is 13.2. The minimum absolute atomic E-state index is 0.0955. The van der Waals surface area contributed by atoms with Gasteiger partial charge in [-0.25, -0.2) is 0 Å². The Morgan fingerprint density at radius 3 is 2.55 bits per heavy atom. The van der Waals surface area contributed by atoms with Gasteiger partial charge in [0.05, 0.1) is 12.2 Å². The molecule has 4 rings (SSSR count). The van der Waals surface area contributed by atoms with E-state index in [0.29, 0.717) is 34.9 Å². The number of ether oxygens (including phenoxy) is 2. The van der Waals surface area contributed by atoms with Gasteiger partial charge < -0.3 is 14.3 Å². The van der Waals surface area contributed by atoms with Gasteiger partial charge in [0, 0.05) is 32.5 Å². The molecule has 0 unspecified atom stereocenters. The third-order valence-electron chi connectivity index (χ3n) is 9.59. The van der Waals surface area contributed by atoms with Crippen LogP contribution >= 0.6 is 0 Å². The number of hydrogen-bond acceptors (Lipinski definition) is 3. The van der Waals surface area contributed by atoms with Gasteiger partial charge in [-0.2, -0.15) is 0 Å². The Balaban J connectivity index is 1.66. The molecule has 0 aromatic carbocycles. The van der Waals surface area contributed by atoms with Gasteiger partial charge in [-0.15, -0.1) is 0 Å². The number of hydrogen-bond donors (Lipinski definition) is 0. The summed E-state index contributed by atoms with van der Waals surface area (Å²) in [6.45, 7) is 9.05. The van der Waals surface area contributed by atoms with E-state index in [0.717, 1.165) is 19.3 Å². The molecule has 3 heteroatoms. The molecule has 0 saturated heterocycles. The van der Waals surface area contributed by atoms with E-state index >= 15 is 0 Å². The number of Topliss-reactive ketones (excluding diaryl/α,β-unsaturated/α-hetero) is 1. The molecule has 162 valence electrons. The minimum Gasteiger partial charge on any atom is -0.381 e. The van der Waals surface area contributed by atoms with Gasteiger partial charge in [0.15, 0.2) is 0 Å². The molecule has 0 radical (unpaired) electrons. The Kier molecular flexibility index (Phi) is 5.61. The lowest BCUT2D eigenvalue weighted by Gasteiger charge is -2.57. The van der Waals surface area contributed by atoms with Crippen molar-refractivity contribution >= 4 is 5.78 Å². The Labute approximate surface area is 177 Å². The largest absolute Gasteiger partial charge is 0.381 e. The van der Waals surface area contributed by atoms with E-state index in [1.807, 2.05) is 14.2 Å². The molecule has 0 amide bonds. The predicted molar refractivity (Wildman–Crippen MR) is 117 cm³/mol. The lowest BCUT2D eigenvalue weighted by molar-refractivity contribution is -0.118. The van der Waals surface area contributed by atoms with Crippen LogP contribution in [0.2, 0.25) is 0 Å². The maximum Gasteiger partial charge on any atom is 0.130 e. The van der Waals surface area contributed by atoms with Crippen LogP contribution in [0.15, 0.2) is 23.3 Å². The van der Waals surface area contributed by atoms with E-state index in [4.69, 9.17) is 9.47 Å². The van der Waals surface area contributed by atoms with E-state index in [-0.39, 0.29) is 17.6 Å². The first kappa shape index (κ1) is 21.3. The highest BCUT2D eigenvalue weighted by atomic mass is 16.5. The first-order valence-corrected chi connectivity index (χ1v) is 11.7. The molecule has 4 aliphatic carbocycles. The summed E-state index contributed by atoms with van der Waals surface area (Å²) < 4.78 is 11.8. The van der Waals surface area contributed by atoms with Crippen molar-refractivity contribution in [3.63, 3.8) is 0 Å². The summed E-state index contributed by atoms with van der Waals surface area (Å²) in [5, 5.41) is 0. The van der Waals surface area contributed by atoms with Gasteiger partial charge in [-0.05, 0) is 68.1 Å². The third kappa shape index (κ3) is 3.19. The Morgan fingerprint density at radius 1 is 1.14 bits per heavy atom. The lowest BCUT2D eigenvalue weighted by Crippen LogP contribution is -2.53. The monoisotopic (exact) mass is 400 g/mol. The number of carbonyl (C=O) groups is 1. The number of fused-ring (bicyclic) bond motifs is 5. The van der Waals surface area contributed by atoms with Crippen molar-refractivity contribution in [2.75, 3.05) is 14.2 Å². The summed E-state index contributed by atoms with van der Waals surface area (Å²) in [7, 11) is 3.71. The molecule has 8 atom stereocenters. The Bertz CT molecular complexity index is 721. The van der Waals surface area contributed by atoms with Gasteiger partial charge in [0.1, 0.15) is 5.78 Å². The molecule has 0 aromatic heterocycles. The highest BCUT2D eigenvalue weighted by Crippen LogP contribution is 2.66. The van der Waals surface area contributed by atoms with Crippen LogP contribution in [0.4, 0.5) is 0 Å². The van der Waals surface area contributed by atoms with Gasteiger partial charge >= 0.3 is 0 Å². The molecule has 0 N–H and O–H groups in total. The van der Waals surface area contributed by atoms with Crippen molar-refractivity contribution < 1.29 is 14.3 Å². The average molecular weight is 401 g/mol.